The Morgan fingerprint density at radius 3 is 3.10 bits per heavy atom. The average Bonchev–Trinajstić information content (AvgIpc) is 2.90. The highest BCUT2D eigenvalue weighted by Crippen LogP contribution is 2.15. The second kappa shape index (κ2) is 6.80. The lowest BCUT2D eigenvalue weighted by molar-refractivity contribution is 0.0950. The number of halogens is 1. The van der Waals surface area contributed by atoms with E-state index in [2.05, 4.69) is 22.1 Å². The quantitative estimate of drug-likeness (QED) is 0.842. The number of nitrogens with zero attached hydrogens (tertiary/aromatic N) is 1. The van der Waals surface area contributed by atoms with E-state index in [9.17, 15) is 9.18 Å². The molecule has 0 aromatic carbocycles. The van der Waals surface area contributed by atoms with E-state index in [0.717, 1.165) is 22.7 Å². The van der Waals surface area contributed by atoms with E-state index in [4.69, 9.17) is 5.73 Å². The van der Waals surface area contributed by atoms with Crippen LogP contribution in [0, 0.1) is 17.7 Å². The van der Waals surface area contributed by atoms with Crippen LogP contribution in [0.25, 0.3) is 0 Å². The molecule has 1 amide bonds. The van der Waals surface area contributed by atoms with E-state index in [0.29, 0.717) is 6.54 Å². The van der Waals surface area contributed by atoms with Crippen LogP contribution in [0.4, 0.5) is 4.39 Å². The fourth-order valence-corrected chi connectivity index (χ4v) is 2.30. The largest absolute Gasteiger partial charge is 0.347 e. The maximum absolute atomic E-state index is 13.0. The molecule has 0 bridgehead atoms. The van der Waals surface area contributed by atoms with Crippen molar-refractivity contribution in [2.75, 3.05) is 6.54 Å². The highest BCUT2D eigenvalue weighted by atomic mass is 32.1. The number of amides is 1. The van der Waals surface area contributed by atoms with Crippen molar-refractivity contribution in [1.82, 2.24) is 10.3 Å². The van der Waals surface area contributed by atoms with Gasteiger partial charge in [-0.2, -0.15) is 0 Å². The summed E-state index contributed by atoms with van der Waals surface area (Å²) in [7, 11) is 0. The fourth-order valence-electron chi connectivity index (χ4n) is 1.53. The van der Waals surface area contributed by atoms with Crippen LogP contribution in [0.3, 0.4) is 0 Å². The number of nitrogens with one attached hydrogen (secondary N) is 1. The monoisotopic (exact) mass is 289 g/mol. The SMILES string of the molecule is NCC#Cc1ccsc1CNC(=O)c1cncc(F)c1. The molecule has 2 heterocycles. The summed E-state index contributed by atoms with van der Waals surface area (Å²) in [6.07, 6.45) is 2.37. The van der Waals surface area contributed by atoms with Crippen LogP contribution in [0.1, 0.15) is 20.8 Å². The van der Waals surface area contributed by atoms with Gasteiger partial charge in [0.25, 0.3) is 5.91 Å². The molecule has 0 saturated carbocycles. The second-order valence-electron chi connectivity index (χ2n) is 3.84. The Morgan fingerprint density at radius 2 is 2.35 bits per heavy atom. The third-order valence-electron chi connectivity index (χ3n) is 2.45. The van der Waals surface area contributed by atoms with Gasteiger partial charge in [-0.3, -0.25) is 9.78 Å². The number of thiophene rings is 1. The smallest absolute Gasteiger partial charge is 0.253 e. The number of carbonyl (C=O) groups is 1. The maximum Gasteiger partial charge on any atom is 0.253 e. The first-order valence-corrected chi connectivity index (χ1v) is 6.72. The fraction of sp³-hybridized carbons (Fsp3) is 0.143. The molecule has 0 fully saturated rings. The van der Waals surface area contributed by atoms with Gasteiger partial charge in [0.15, 0.2) is 0 Å². The van der Waals surface area contributed by atoms with E-state index in [1.54, 1.807) is 0 Å². The zero-order valence-corrected chi connectivity index (χ0v) is 11.3. The number of nitrogens with two attached hydrogens (primary N) is 1. The molecule has 2 aromatic rings. The maximum atomic E-state index is 13.0. The minimum atomic E-state index is -0.539. The predicted molar refractivity (Wildman–Crippen MR) is 75.6 cm³/mol. The van der Waals surface area contributed by atoms with Crippen molar-refractivity contribution < 1.29 is 9.18 Å². The third-order valence-corrected chi connectivity index (χ3v) is 3.37. The Labute approximate surface area is 119 Å². The lowest BCUT2D eigenvalue weighted by Gasteiger charge is -2.04. The van der Waals surface area contributed by atoms with Crippen molar-refractivity contribution in [2.45, 2.75) is 6.54 Å². The first kappa shape index (κ1) is 14.2. The molecule has 2 aromatic heterocycles. The summed E-state index contributed by atoms with van der Waals surface area (Å²) >= 11 is 1.49. The van der Waals surface area contributed by atoms with Gasteiger partial charge in [-0.25, -0.2) is 4.39 Å². The third kappa shape index (κ3) is 3.63. The highest BCUT2D eigenvalue weighted by Gasteiger charge is 2.08. The minimum Gasteiger partial charge on any atom is -0.347 e. The summed E-state index contributed by atoms with van der Waals surface area (Å²) in [5.74, 6) is 4.80. The molecule has 102 valence electrons. The molecule has 0 atom stereocenters. The van der Waals surface area contributed by atoms with Crippen molar-refractivity contribution in [1.29, 1.82) is 0 Å². The number of pyridine rings is 1. The van der Waals surface area contributed by atoms with Gasteiger partial charge in [-0.15, -0.1) is 11.3 Å². The molecule has 3 N–H and O–H groups in total. The van der Waals surface area contributed by atoms with Crippen LogP contribution < -0.4 is 11.1 Å². The van der Waals surface area contributed by atoms with Crippen molar-refractivity contribution in [3.8, 4) is 11.8 Å². The van der Waals surface area contributed by atoms with Crippen molar-refractivity contribution in [3.05, 3.63) is 51.7 Å². The number of aromatic nitrogens is 1. The van der Waals surface area contributed by atoms with E-state index >= 15 is 0 Å². The lowest BCUT2D eigenvalue weighted by Crippen LogP contribution is -2.22. The molecule has 2 rings (SSSR count). The Morgan fingerprint density at radius 1 is 1.50 bits per heavy atom. The van der Waals surface area contributed by atoms with E-state index in [1.165, 1.54) is 17.5 Å². The van der Waals surface area contributed by atoms with Gasteiger partial charge in [0.2, 0.25) is 0 Å². The van der Waals surface area contributed by atoms with Gasteiger partial charge in [0.05, 0.1) is 24.8 Å². The van der Waals surface area contributed by atoms with Gasteiger partial charge in [-0.1, -0.05) is 11.8 Å². The van der Waals surface area contributed by atoms with Crippen LogP contribution in [-0.2, 0) is 6.54 Å². The number of hydrogen-bond donors (Lipinski definition) is 2. The summed E-state index contributed by atoms with van der Waals surface area (Å²) in [5.41, 5.74) is 6.36. The normalized spacial score (nSPS) is 9.70. The number of carbonyl (C=O) groups excluding carboxylic acids is 1. The van der Waals surface area contributed by atoms with Gasteiger partial charge in [-0.05, 0) is 17.5 Å². The van der Waals surface area contributed by atoms with E-state index in [1.807, 2.05) is 11.4 Å². The number of rotatable bonds is 3. The predicted octanol–water partition coefficient (Wildman–Crippen LogP) is 1.52. The highest BCUT2D eigenvalue weighted by molar-refractivity contribution is 7.10. The van der Waals surface area contributed by atoms with Crippen molar-refractivity contribution in [2.24, 2.45) is 5.73 Å². The molecule has 0 aliphatic rings. The molecule has 20 heavy (non-hydrogen) atoms. The zero-order chi connectivity index (χ0) is 14.4. The molecule has 6 heteroatoms. The summed E-state index contributed by atoms with van der Waals surface area (Å²) < 4.78 is 13.0. The second-order valence-corrected chi connectivity index (χ2v) is 4.84. The molecule has 0 aliphatic carbocycles. The standard InChI is InChI=1S/C14H12FN3OS/c15-12-6-11(7-17-8-12)14(19)18-9-13-10(2-1-4-16)3-5-20-13/h3,5-8H,4,9,16H2,(H,18,19). The zero-order valence-electron chi connectivity index (χ0n) is 10.5. The van der Waals surface area contributed by atoms with Crippen LogP contribution in [0.15, 0.2) is 29.9 Å². The molecular weight excluding hydrogens is 277 g/mol. The van der Waals surface area contributed by atoms with Gasteiger partial charge in [0.1, 0.15) is 5.82 Å². The molecule has 0 radical (unpaired) electrons. The summed E-state index contributed by atoms with van der Waals surface area (Å²) in [4.78, 5) is 16.4. The van der Waals surface area contributed by atoms with Gasteiger partial charge >= 0.3 is 0 Å². The summed E-state index contributed by atoms with van der Waals surface area (Å²) in [5, 5.41) is 4.61. The minimum absolute atomic E-state index is 0.191. The van der Waals surface area contributed by atoms with Gasteiger partial charge < -0.3 is 11.1 Å². The summed E-state index contributed by atoms with van der Waals surface area (Å²) in [6.45, 7) is 0.623. The van der Waals surface area contributed by atoms with Crippen LogP contribution in [-0.4, -0.2) is 17.4 Å². The van der Waals surface area contributed by atoms with E-state index < -0.39 is 5.82 Å². The molecule has 0 spiro atoms. The molecule has 0 aliphatic heterocycles. The number of hydrogen-bond acceptors (Lipinski definition) is 4. The van der Waals surface area contributed by atoms with Crippen LogP contribution in [0.2, 0.25) is 0 Å². The van der Waals surface area contributed by atoms with Crippen LogP contribution in [0.5, 0.6) is 0 Å². The molecule has 4 nitrogen and oxygen atoms in total. The van der Waals surface area contributed by atoms with Crippen molar-refractivity contribution >= 4 is 17.2 Å². The lowest BCUT2D eigenvalue weighted by atomic mass is 10.2. The van der Waals surface area contributed by atoms with Crippen molar-refractivity contribution in [3.63, 3.8) is 0 Å². The van der Waals surface area contributed by atoms with E-state index in [-0.39, 0.29) is 18.0 Å². The first-order chi connectivity index (χ1) is 9.70. The molecule has 0 saturated heterocycles. The van der Waals surface area contributed by atoms with Gasteiger partial charge in [0, 0.05) is 16.6 Å². The first-order valence-electron chi connectivity index (χ1n) is 5.84. The Balaban J connectivity index is 2.02. The summed E-state index contributed by atoms with van der Waals surface area (Å²) in [6, 6.07) is 3.02. The topological polar surface area (TPSA) is 68.0 Å². The average molecular weight is 289 g/mol. The van der Waals surface area contributed by atoms with Crippen LogP contribution >= 0.6 is 11.3 Å². The molecule has 0 unspecified atom stereocenters. The Kier molecular flexibility index (Phi) is 4.82. The Hall–Kier alpha value is -2.23. The molecular formula is C14H12FN3OS. The Bertz CT molecular complexity index is 672.